The Morgan fingerprint density at radius 2 is 1.41 bits per heavy atom. The average molecular weight is 579 g/mol. The van der Waals surface area contributed by atoms with Crippen LogP contribution in [0, 0.1) is 15.5 Å². The van der Waals surface area contributed by atoms with Gasteiger partial charge in [0.25, 0.3) is 5.69 Å². The predicted octanol–water partition coefficient (Wildman–Crippen LogP) is 2.22. The molecule has 0 aromatic heterocycles. The third-order valence-electron chi connectivity index (χ3n) is 7.26. The Labute approximate surface area is 235 Å². The van der Waals surface area contributed by atoms with Crippen molar-refractivity contribution in [1.29, 1.82) is 0 Å². The highest BCUT2D eigenvalue weighted by Gasteiger charge is 2.59. The first-order valence-corrected chi connectivity index (χ1v) is 13.1. The maximum atomic E-state index is 13.5. The molecule has 1 unspecified atom stereocenters. The zero-order valence-corrected chi connectivity index (χ0v) is 22.8. The Hall–Kier alpha value is -4.40. The van der Waals surface area contributed by atoms with Crippen LogP contribution in [0.2, 0.25) is 0 Å². The van der Waals surface area contributed by atoms with E-state index in [1.54, 1.807) is 12.1 Å². The third kappa shape index (κ3) is 7.42. The van der Waals surface area contributed by atoms with Crippen molar-refractivity contribution in [3.8, 4) is 0 Å². The van der Waals surface area contributed by atoms with Crippen molar-refractivity contribution in [3.63, 3.8) is 0 Å². The van der Waals surface area contributed by atoms with Crippen molar-refractivity contribution in [2.24, 2.45) is 5.41 Å². The number of imide groups is 2. The zero-order valence-electron chi connectivity index (χ0n) is 22.8. The minimum atomic E-state index is -1.91. The quantitative estimate of drug-likeness (QED) is 0.0903. The molecule has 1 aliphatic heterocycles. The standard InChI is InChI=1S/C26H34N4O11/c1-3-26(4-2)23(37)28(25(39)29(24(26)38)19(22(35)36)12-13-20(31)32)18(21(33)34)7-5-6-14-27-15-16-8-10-17(11-9-16)30(40)41/h8-11,18-19,27H,3-7,12-15H2,1-2H3,(H,31,32)(H,33,34)(H,35,36)/t18-,19?/m0/s1. The molecule has 0 aliphatic carbocycles. The Kier molecular flexibility index (Phi) is 11.4. The highest BCUT2D eigenvalue weighted by molar-refractivity contribution is 6.21. The number of carboxylic acid groups (broad SMARTS) is 3. The van der Waals surface area contributed by atoms with E-state index < -0.39 is 71.0 Å². The molecular weight excluding hydrogens is 544 g/mol. The average Bonchev–Trinajstić information content (AvgIpc) is 2.91. The van der Waals surface area contributed by atoms with E-state index in [9.17, 15) is 49.1 Å². The van der Waals surface area contributed by atoms with Crippen LogP contribution in [0.4, 0.5) is 10.5 Å². The molecule has 1 fully saturated rings. The van der Waals surface area contributed by atoms with E-state index in [2.05, 4.69) is 5.32 Å². The molecule has 0 spiro atoms. The lowest BCUT2D eigenvalue weighted by Crippen LogP contribution is -2.70. The fraction of sp³-hybridized carbons (Fsp3) is 0.538. The lowest BCUT2D eigenvalue weighted by atomic mass is 9.77. The summed E-state index contributed by atoms with van der Waals surface area (Å²) in [5, 5.41) is 42.6. The first-order valence-electron chi connectivity index (χ1n) is 13.1. The van der Waals surface area contributed by atoms with E-state index in [0.717, 1.165) is 5.56 Å². The molecule has 2 rings (SSSR count). The summed E-state index contributed by atoms with van der Waals surface area (Å²) in [6.45, 7) is 3.79. The van der Waals surface area contributed by atoms with Crippen LogP contribution >= 0.6 is 0 Å². The molecule has 15 heteroatoms. The fourth-order valence-electron chi connectivity index (χ4n) is 4.79. The minimum Gasteiger partial charge on any atom is -0.481 e. The number of carboxylic acids is 3. The lowest BCUT2D eigenvalue weighted by Gasteiger charge is -2.46. The topological polar surface area (TPSA) is 225 Å². The van der Waals surface area contributed by atoms with E-state index in [4.69, 9.17) is 5.11 Å². The summed E-state index contributed by atoms with van der Waals surface area (Å²) in [4.78, 5) is 86.8. The van der Waals surface area contributed by atoms with Gasteiger partial charge in [0.2, 0.25) is 11.8 Å². The number of amides is 4. The first kappa shape index (κ1) is 32.8. The van der Waals surface area contributed by atoms with Gasteiger partial charge < -0.3 is 20.6 Å². The van der Waals surface area contributed by atoms with E-state index >= 15 is 0 Å². The molecule has 4 N–H and O–H groups in total. The number of unbranched alkanes of at least 4 members (excludes halogenated alkanes) is 1. The van der Waals surface area contributed by atoms with Crippen molar-refractivity contribution in [1.82, 2.24) is 15.1 Å². The van der Waals surface area contributed by atoms with E-state index in [-0.39, 0.29) is 31.4 Å². The number of nitro groups is 1. The minimum absolute atomic E-state index is 0.0396. The van der Waals surface area contributed by atoms with E-state index in [1.165, 1.54) is 26.0 Å². The number of carbonyl (C=O) groups is 6. The number of hydrogen-bond donors (Lipinski definition) is 4. The molecule has 1 heterocycles. The van der Waals surface area contributed by atoms with Crippen molar-refractivity contribution < 1.29 is 49.0 Å². The number of nitro benzene ring substituents is 1. The first-order chi connectivity index (χ1) is 19.3. The molecule has 1 aromatic carbocycles. The van der Waals surface area contributed by atoms with Crippen LogP contribution in [0.5, 0.6) is 0 Å². The number of carbonyl (C=O) groups excluding carboxylic acids is 3. The van der Waals surface area contributed by atoms with Crippen molar-refractivity contribution in [2.45, 2.75) is 77.4 Å². The number of benzene rings is 1. The number of nitrogens with one attached hydrogen (secondary N) is 1. The van der Waals surface area contributed by atoms with Gasteiger partial charge in [0.15, 0.2) is 0 Å². The summed E-state index contributed by atoms with van der Waals surface area (Å²) in [6, 6.07) is 0.945. The summed E-state index contributed by atoms with van der Waals surface area (Å²) < 4.78 is 0. The van der Waals surface area contributed by atoms with Gasteiger partial charge in [-0.1, -0.05) is 26.0 Å². The normalized spacial score (nSPS) is 16.4. The summed E-state index contributed by atoms with van der Waals surface area (Å²) in [5.74, 6) is -6.65. The van der Waals surface area contributed by atoms with Gasteiger partial charge in [-0.15, -0.1) is 0 Å². The van der Waals surface area contributed by atoms with Gasteiger partial charge in [0, 0.05) is 25.1 Å². The van der Waals surface area contributed by atoms with E-state index in [0.29, 0.717) is 29.3 Å². The summed E-state index contributed by atoms with van der Waals surface area (Å²) in [7, 11) is 0. The molecule has 41 heavy (non-hydrogen) atoms. The number of hydrogen-bond acceptors (Lipinski definition) is 9. The van der Waals surface area contributed by atoms with Crippen LogP contribution in [0.25, 0.3) is 0 Å². The second kappa shape index (κ2) is 14.3. The number of urea groups is 1. The summed E-state index contributed by atoms with van der Waals surface area (Å²) in [5.41, 5.74) is -1.13. The molecule has 2 atom stereocenters. The lowest BCUT2D eigenvalue weighted by molar-refractivity contribution is -0.384. The van der Waals surface area contributed by atoms with Crippen LogP contribution < -0.4 is 5.32 Å². The molecule has 15 nitrogen and oxygen atoms in total. The Morgan fingerprint density at radius 3 is 1.85 bits per heavy atom. The summed E-state index contributed by atoms with van der Waals surface area (Å²) >= 11 is 0. The zero-order chi connectivity index (χ0) is 30.9. The van der Waals surface area contributed by atoms with Gasteiger partial charge in [-0.25, -0.2) is 24.2 Å². The molecule has 1 saturated heterocycles. The highest BCUT2D eigenvalue weighted by atomic mass is 16.6. The molecule has 1 aliphatic rings. The highest BCUT2D eigenvalue weighted by Crippen LogP contribution is 2.39. The van der Waals surface area contributed by atoms with Gasteiger partial charge >= 0.3 is 23.9 Å². The molecule has 0 bridgehead atoms. The van der Waals surface area contributed by atoms with Crippen molar-refractivity contribution >= 4 is 41.4 Å². The second-order valence-corrected chi connectivity index (χ2v) is 9.66. The Balaban J connectivity index is 2.19. The largest absolute Gasteiger partial charge is 0.481 e. The Bertz CT molecular complexity index is 1180. The van der Waals surface area contributed by atoms with Gasteiger partial charge in [-0.3, -0.25) is 24.5 Å². The van der Waals surface area contributed by atoms with Gasteiger partial charge in [-0.2, -0.15) is 0 Å². The molecule has 0 radical (unpaired) electrons. The van der Waals surface area contributed by atoms with Crippen molar-refractivity contribution in [3.05, 3.63) is 39.9 Å². The third-order valence-corrected chi connectivity index (χ3v) is 7.26. The van der Waals surface area contributed by atoms with Gasteiger partial charge in [0.05, 0.1) is 4.92 Å². The molecule has 224 valence electrons. The fourth-order valence-corrected chi connectivity index (χ4v) is 4.79. The second-order valence-electron chi connectivity index (χ2n) is 9.66. The monoisotopic (exact) mass is 578 g/mol. The predicted molar refractivity (Wildman–Crippen MR) is 140 cm³/mol. The Morgan fingerprint density at radius 1 is 0.902 bits per heavy atom. The van der Waals surface area contributed by atoms with E-state index in [1.807, 2.05) is 0 Å². The van der Waals surface area contributed by atoms with Crippen molar-refractivity contribution in [2.75, 3.05) is 6.54 Å². The molecular formula is C26H34N4O11. The van der Waals surface area contributed by atoms with Gasteiger partial charge in [-0.05, 0) is 50.6 Å². The number of non-ortho nitro benzene ring substituents is 1. The molecule has 4 amide bonds. The molecule has 1 aromatic rings. The maximum absolute atomic E-state index is 13.5. The number of barbiturate groups is 1. The smallest absolute Gasteiger partial charge is 0.335 e. The SMILES string of the molecule is CCC1(CC)C(=O)N(C(CCC(=O)O)C(=O)O)C(=O)N([C@@H](CCCCNCc2ccc([N+](=O)[O-])cc2)C(=O)O)C1=O. The summed E-state index contributed by atoms with van der Waals surface area (Å²) in [6.07, 6.45) is -1.07. The van der Waals surface area contributed by atoms with Crippen LogP contribution in [0.3, 0.4) is 0 Å². The van der Waals surface area contributed by atoms with Crippen LogP contribution in [-0.2, 0) is 30.5 Å². The number of nitrogens with zero attached hydrogens (tertiary/aromatic N) is 3. The van der Waals surface area contributed by atoms with Crippen LogP contribution in [0.1, 0.15) is 64.4 Å². The molecule has 0 saturated carbocycles. The maximum Gasteiger partial charge on any atom is 0.335 e. The number of aliphatic carboxylic acids is 3. The van der Waals surface area contributed by atoms with Gasteiger partial charge in [0.1, 0.15) is 17.5 Å². The van der Waals surface area contributed by atoms with Crippen LogP contribution in [0.15, 0.2) is 24.3 Å². The number of rotatable bonds is 17. The van der Waals surface area contributed by atoms with Crippen LogP contribution in [-0.4, -0.2) is 84.4 Å².